The molecule has 0 spiro atoms. The molecular formula is C12H19N5O3. The third kappa shape index (κ3) is 2.66. The van der Waals surface area contributed by atoms with E-state index in [4.69, 9.17) is 9.47 Å². The normalized spacial score (nSPS) is 24.6. The van der Waals surface area contributed by atoms with Gasteiger partial charge in [-0.2, -0.15) is 5.21 Å². The van der Waals surface area contributed by atoms with Crippen LogP contribution in [0.1, 0.15) is 31.6 Å². The van der Waals surface area contributed by atoms with Gasteiger partial charge in [0.15, 0.2) is 5.82 Å². The molecule has 1 saturated carbocycles. The molecule has 0 radical (unpaired) electrons. The summed E-state index contributed by atoms with van der Waals surface area (Å²) >= 11 is 0. The minimum atomic E-state index is -0.340. The maximum Gasteiger partial charge on any atom is 0.252 e. The zero-order valence-corrected chi connectivity index (χ0v) is 11.5. The number of tetrazole rings is 1. The maximum absolute atomic E-state index is 12.7. The van der Waals surface area contributed by atoms with E-state index in [1.807, 2.05) is 6.92 Å². The summed E-state index contributed by atoms with van der Waals surface area (Å²) in [4.78, 5) is 14.5. The molecule has 2 atom stereocenters. The van der Waals surface area contributed by atoms with E-state index in [-0.39, 0.29) is 18.1 Å². The van der Waals surface area contributed by atoms with Gasteiger partial charge in [-0.25, -0.2) is 0 Å². The first-order chi connectivity index (χ1) is 9.81. The number of aromatic amines is 1. The lowest BCUT2D eigenvalue weighted by molar-refractivity contribution is -0.154. The fourth-order valence-electron chi connectivity index (χ4n) is 2.54. The first kappa shape index (κ1) is 13.4. The lowest BCUT2D eigenvalue weighted by atomic mass is 10.1. The second-order valence-corrected chi connectivity index (χ2v) is 5.11. The molecule has 1 amide bonds. The van der Waals surface area contributed by atoms with Crippen molar-refractivity contribution in [2.45, 2.75) is 31.9 Å². The van der Waals surface area contributed by atoms with Gasteiger partial charge in [0.05, 0.1) is 13.2 Å². The summed E-state index contributed by atoms with van der Waals surface area (Å²) in [6, 6.07) is -0.281. The summed E-state index contributed by atoms with van der Waals surface area (Å²) in [5.74, 6) is 0.868. The Morgan fingerprint density at radius 2 is 2.45 bits per heavy atom. The van der Waals surface area contributed by atoms with E-state index in [2.05, 4.69) is 20.6 Å². The fraction of sp³-hybridized carbons (Fsp3) is 0.833. The van der Waals surface area contributed by atoms with Crippen LogP contribution in [-0.4, -0.2) is 63.9 Å². The Hall–Kier alpha value is -1.54. The first-order valence-corrected chi connectivity index (χ1v) is 7.04. The Kier molecular flexibility index (Phi) is 3.93. The van der Waals surface area contributed by atoms with Crippen molar-refractivity contribution in [3.63, 3.8) is 0 Å². The smallest absolute Gasteiger partial charge is 0.252 e. The monoisotopic (exact) mass is 281 g/mol. The predicted octanol–water partition coefficient (Wildman–Crippen LogP) is -0.0853. The molecule has 2 aliphatic rings. The number of aromatic nitrogens is 4. The van der Waals surface area contributed by atoms with Crippen molar-refractivity contribution < 1.29 is 14.3 Å². The summed E-state index contributed by atoms with van der Waals surface area (Å²) in [5.41, 5.74) is 0. The average molecular weight is 281 g/mol. The molecule has 1 saturated heterocycles. The van der Waals surface area contributed by atoms with E-state index in [1.54, 1.807) is 4.90 Å². The van der Waals surface area contributed by atoms with Gasteiger partial charge in [0, 0.05) is 13.2 Å². The molecule has 110 valence electrons. The molecule has 0 bridgehead atoms. The number of nitrogens with one attached hydrogen (secondary N) is 1. The van der Waals surface area contributed by atoms with Gasteiger partial charge in [0.25, 0.3) is 5.91 Å². The molecule has 8 nitrogen and oxygen atoms in total. The summed E-state index contributed by atoms with van der Waals surface area (Å²) in [7, 11) is 0. The second-order valence-electron chi connectivity index (χ2n) is 5.11. The topological polar surface area (TPSA) is 93.2 Å². The molecule has 2 unspecified atom stereocenters. The van der Waals surface area contributed by atoms with Crippen LogP contribution in [-0.2, 0) is 14.3 Å². The van der Waals surface area contributed by atoms with Crippen molar-refractivity contribution in [3.8, 4) is 0 Å². The number of rotatable bonds is 5. The number of hydrogen-bond acceptors (Lipinski definition) is 6. The molecule has 1 aromatic rings. The standard InChI is InChI=1S/C12H19N5O3/c1-2-20-10(8-3-4-8)12(18)17-5-6-19-7-9(17)11-13-15-16-14-11/h8-10H,2-7H2,1H3,(H,13,14,15,16). The lowest BCUT2D eigenvalue weighted by Gasteiger charge is -2.35. The summed E-state index contributed by atoms with van der Waals surface area (Å²) < 4.78 is 11.1. The highest BCUT2D eigenvalue weighted by molar-refractivity contribution is 5.82. The molecule has 8 heteroatoms. The molecule has 0 aromatic carbocycles. The van der Waals surface area contributed by atoms with E-state index in [9.17, 15) is 4.79 Å². The molecule has 20 heavy (non-hydrogen) atoms. The SMILES string of the molecule is CCOC(C(=O)N1CCOCC1c1nn[nH]n1)C1CC1. The number of amides is 1. The van der Waals surface area contributed by atoms with Gasteiger partial charge < -0.3 is 14.4 Å². The minimum absolute atomic E-state index is 0.0208. The highest BCUT2D eigenvalue weighted by Crippen LogP contribution is 2.36. The highest BCUT2D eigenvalue weighted by Gasteiger charge is 2.42. The molecule has 1 aromatic heterocycles. The van der Waals surface area contributed by atoms with Crippen LogP contribution in [0.5, 0.6) is 0 Å². The Labute approximate surface area is 116 Å². The molecule has 2 fully saturated rings. The number of ether oxygens (including phenoxy) is 2. The van der Waals surface area contributed by atoms with Crippen LogP contribution in [0.2, 0.25) is 0 Å². The average Bonchev–Trinajstić information content (AvgIpc) is 3.17. The predicted molar refractivity (Wildman–Crippen MR) is 67.6 cm³/mol. The molecular weight excluding hydrogens is 262 g/mol. The van der Waals surface area contributed by atoms with Crippen LogP contribution in [0.25, 0.3) is 0 Å². The van der Waals surface area contributed by atoms with Gasteiger partial charge in [0.2, 0.25) is 0 Å². The van der Waals surface area contributed by atoms with Gasteiger partial charge in [-0.05, 0) is 25.7 Å². The van der Waals surface area contributed by atoms with Gasteiger partial charge in [-0.3, -0.25) is 4.79 Å². The largest absolute Gasteiger partial charge is 0.377 e. The second kappa shape index (κ2) is 5.84. The molecule has 1 N–H and O–H groups in total. The molecule has 1 aliphatic heterocycles. The molecule has 3 rings (SSSR count). The fourth-order valence-corrected chi connectivity index (χ4v) is 2.54. The zero-order chi connectivity index (χ0) is 13.9. The third-order valence-corrected chi connectivity index (χ3v) is 3.71. The zero-order valence-electron chi connectivity index (χ0n) is 11.5. The Morgan fingerprint density at radius 1 is 1.60 bits per heavy atom. The van der Waals surface area contributed by atoms with Crippen LogP contribution in [0.4, 0.5) is 0 Å². The number of morpholine rings is 1. The summed E-state index contributed by atoms with van der Waals surface area (Å²) in [6.07, 6.45) is 1.79. The third-order valence-electron chi connectivity index (χ3n) is 3.71. The van der Waals surface area contributed by atoms with Crippen molar-refractivity contribution in [3.05, 3.63) is 5.82 Å². The van der Waals surface area contributed by atoms with Crippen LogP contribution in [0.15, 0.2) is 0 Å². The molecule has 1 aliphatic carbocycles. The van der Waals surface area contributed by atoms with Gasteiger partial charge in [-0.15, -0.1) is 10.2 Å². The van der Waals surface area contributed by atoms with Crippen LogP contribution in [0, 0.1) is 5.92 Å². The van der Waals surface area contributed by atoms with Crippen LogP contribution in [0.3, 0.4) is 0 Å². The van der Waals surface area contributed by atoms with Gasteiger partial charge >= 0.3 is 0 Å². The maximum atomic E-state index is 12.7. The van der Waals surface area contributed by atoms with Crippen molar-refractivity contribution in [1.29, 1.82) is 0 Å². The van der Waals surface area contributed by atoms with Crippen molar-refractivity contribution in [2.24, 2.45) is 5.92 Å². The highest BCUT2D eigenvalue weighted by atomic mass is 16.5. The number of H-pyrrole nitrogens is 1. The van der Waals surface area contributed by atoms with Crippen molar-refractivity contribution in [2.75, 3.05) is 26.4 Å². The van der Waals surface area contributed by atoms with E-state index < -0.39 is 0 Å². The lowest BCUT2D eigenvalue weighted by Crippen LogP contribution is -2.49. The first-order valence-electron chi connectivity index (χ1n) is 7.04. The molecule has 2 heterocycles. The van der Waals surface area contributed by atoms with E-state index in [0.29, 0.717) is 38.1 Å². The Bertz CT molecular complexity index is 448. The number of carbonyl (C=O) groups is 1. The quantitative estimate of drug-likeness (QED) is 0.811. The summed E-state index contributed by atoms with van der Waals surface area (Å²) in [6.45, 7) is 3.93. The van der Waals surface area contributed by atoms with E-state index in [0.717, 1.165) is 12.8 Å². The van der Waals surface area contributed by atoms with E-state index >= 15 is 0 Å². The Morgan fingerprint density at radius 3 is 3.10 bits per heavy atom. The number of nitrogens with zero attached hydrogens (tertiary/aromatic N) is 4. The number of hydrogen-bond donors (Lipinski definition) is 1. The minimum Gasteiger partial charge on any atom is -0.377 e. The summed E-state index contributed by atoms with van der Waals surface area (Å²) in [5, 5.41) is 13.9. The van der Waals surface area contributed by atoms with E-state index in [1.165, 1.54) is 0 Å². The van der Waals surface area contributed by atoms with Crippen molar-refractivity contribution >= 4 is 5.91 Å². The van der Waals surface area contributed by atoms with Crippen molar-refractivity contribution in [1.82, 2.24) is 25.5 Å². The van der Waals surface area contributed by atoms with Gasteiger partial charge in [-0.1, -0.05) is 5.21 Å². The van der Waals surface area contributed by atoms with Crippen LogP contribution >= 0.6 is 0 Å². The van der Waals surface area contributed by atoms with Gasteiger partial charge in [0.1, 0.15) is 12.1 Å². The van der Waals surface area contributed by atoms with Crippen LogP contribution < -0.4 is 0 Å². The Balaban J connectivity index is 1.76. The number of carbonyl (C=O) groups excluding carboxylic acids is 1.